The normalized spacial score (nSPS) is 17.6. The van der Waals surface area contributed by atoms with Crippen molar-refractivity contribution in [2.24, 2.45) is 10.4 Å². The van der Waals surface area contributed by atoms with Crippen LogP contribution in [0, 0.1) is 33.1 Å². The Morgan fingerprint density at radius 2 is 1.64 bits per heavy atom. The van der Waals surface area contributed by atoms with E-state index in [4.69, 9.17) is 14.8 Å². The van der Waals surface area contributed by atoms with Gasteiger partial charge in [-0.1, -0.05) is 87.5 Å². The average molecular weight is 981 g/mol. The molecule has 4 aromatic heterocycles. The van der Waals surface area contributed by atoms with Crippen molar-refractivity contribution in [1.82, 2.24) is 45.1 Å². The molecule has 2 unspecified atom stereocenters. The van der Waals surface area contributed by atoms with Gasteiger partial charge < -0.3 is 25.4 Å². The van der Waals surface area contributed by atoms with Gasteiger partial charge >= 0.3 is 5.97 Å². The standard InChI is InChI=1S/C52H56N10O6S2/c1-27-30(4)70-51-43(27)45(55-39(22-42(65)68-9)48-58-57-31(5)62(48)51)34-17-15-33(16-18-34)38-12-10-11-36-23-60(59-44(36)38)25-41(64)56-47(52(6,7)8)50(67)61-24-37(63)21-40(61)49(66)54-28(2)32-13-19-35(20-14-32)46-29(3)53-26-69-46/h10-20,23,26,28,37,39-40,47,63H,21-22,24-25H2,1-9H3,(H,54,66)(H,56,64)/t28?,37-,39+,40+,47?/m1/s1. The van der Waals surface area contributed by atoms with Gasteiger partial charge in [-0.3, -0.25) is 33.4 Å². The van der Waals surface area contributed by atoms with Crippen LogP contribution in [0.2, 0.25) is 0 Å². The number of rotatable bonds is 12. The van der Waals surface area contributed by atoms with Crippen LogP contribution < -0.4 is 10.6 Å². The molecule has 2 aliphatic rings. The Labute approximate surface area is 413 Å². The maximum absolute atomic E-state index is 14.4. The van der Waals surface area contributed by atoms with Crippen LogP contribution in [0.15, 0.2) is 83.4 Å². The molecular weight excluding hydrogens is 925 g/mol. The topological polar surface area (TPSA) is 199 Å². The minimum Gasteiger partial charge on any atom is -0.469 e. The Hall–Kier alpha value is -6.89. The summed E-state index contributed by atoms with van der Waals surface area (Å²) in [7, 11) is 1.36. The molecule has 18 heteroatoms. The van der Waals surface area contributed by atoms with Crippen molar-refractivity contribution in [3.05, 3.63) is 123 Å². The van der Waals surface area contributed by atoms with Gasteiger partial charge in [0.05, 0.1) is 47.5 Å². The van der Waals surface area contributed by atoms with Gasteiger partial charge in [0, 0.05) is 46.1 Å². The molecule has 0 saturated carbocycles. The third-order valence-corrected chi connectivity index (χ3v) is 15.4. The predicted octanol–water partition coefficient (Wildman–Crippen LogP) is 7.53. The molecule has 2 aliphatic heterocycles. The molecule has 3 N–H and O–H groups in total. The van der Waals surface area contributed by atoms with Crippen LogP contribution in [0.25, 0.3) is 37.5 Å². The van der Waals surface area contributed by atoms with Gasteiger partial charge in [0.15, 0.2) is 5.82 Å². The van der Waals surface area contributed by atoms with Gasteiger partial charge in [-0.2, -0.15) is 5.10 Å². The molecule has 0 bridgehead atoms. The van der Waals surface area contributed by atoms with E-state index in [9.17, 15) is 24.3 Å². The lowest BCUT2D eigenvalue weighted by molar-refractivity contribution is -0.144. The van der Waals surface area contributed by atoms with Gasteiger partial charge in [0.1, 0.15) is 41.0 Å². The summed E-state index contributed by atoms with van der Waals surface area (Å²) >= 11 is 3.21. The van der Waals surface area contributed by atoms with E-state index >= 15 is 0 Å². The average Bonchev–Trinajstić information content (AvgIpc) is 4.17. The molecule has 9 rings (SSSR count). The number of likely N-dealkylation sites (tertiary alicyclic amines) is 1. The predicted molar refractivity (Wildman–Crippen MR) is 270 cm³/mol. The van der Waals surface area contributed by atoms with Crippen molar-refractivity contribution >= 4 is 63.0 Å². The molecule has 7 aromatic rings. The van der Waals surface area contributed by atoms with Crippen LogP contribution in [-0.4, -0.2) is 101 Å². The summed E-state index contributed by atoms with van der Waals surface area (Å²) in [6.45, 7) is 15.3. The summed E-state index contributed by atoms with van der Waals surface area (Å²) in [5.41, 5.74) is 10.1. The van der Waals surface area contributed by atoms with Crippen molar-refractivity contribution in [1.29, 1.82) is 0 Å². The largest absolute Gasteiger partial charge is 0.469 e. The summed E-state index contributed by atoms with van der Waals surface area (Å²) < 4.78 is 8.62. The number of β-amino-alcohol motifs (C(OH)–C–C–N with tert-alkyl or cyclic N) is 1. The van der Waals surface area contributed by atoms with Crippen LogP contribution in [-0.2, 0) is 30.5 Å². The SMILES string of the molecule is COC(=O)C[C@@H]1N=C(c2ccc(-c3cccc4cn(CC(=O)NC(C(=O)N5C[C@H](O)C[C@H]5C(=O)NC(C)c5ccc(-c6scnc6C)cc5)C(C)(C)C)nc34)cc2)c2c(sc(C)c2C)-n2c(C)nnc21. The number of benzene rings is 3. The Kier molecular flexibility index (Phi) is 13.2. The number of hydrogen-bond donors (Lipinski definition) is 3. The summed E-state index contributed by atoms with van der Waals surface area (Å²) in [6.07, 6.45) is 0.987. The molecule has 1 fully saturated rings. The highest BCUT2D eigenvalue weighted by molar-refractivity contribution is 7.15. The first-order valence-electron chi connectivity index (χ1n) is 23.2. The van der Waals surface area contributed by atoms with Gasteiger partial charge in [0.25, 0.3) is 0 Å². The highest BCUT2D eigenvalue weighted by Crippen LogP contribution is 2.40. The van der Waals surface area contributed by atoms with Crippen molar-refractivity contribution in [3.63, 3.8) is 0 Å². The number of amides is 3. The minimum absolute atomic E-state index is 0.00635. The number of nitrogens with zero attached hydrogens (tertiary/aromatic N) is 8. The second-order valence-corrected chi connectivity index (χ2v) is 21.3. The number of thiophene rings is 1. The van der Waals surface area contributed by atoms with Gasteiger partial charge in [0.2, 0.25) is 17.7 Å². The quantitative estimate of drug-likeness (QED) is 0.103. The smallest absolute Gasteiger partial charge is 0.308 e. The van der Waals surface area contributed by atoms with Crippen LogP contribution in [0.1, 0.15) is 97.1 Å². The number of hydrogen-bond acceptors (Lipinski definition) is 13. The fourth-order valence-electron chi connectivity index (χ4n) is 9.35. The van der Waals surface area contributed by atoms with E-state index in [1.807, 2.05) is 118 Å². The first-order chi connectivity index (χ1) is 33.4. The van der Waals surface area contributed by atoms with E-state index in [0.717, 1.165) is 70.5 Å². The number of aliphatic hydroxyl groups is 1. The molecule has 362 valence electrons. The second kappa shape index (κ2) is 19.1. The van der Waals surface area contributed by atoms with Crippen molar-refractivity contribution in [3.8, 4) is 26.6 Å². The number of aliphatic hydroxyl groups excluding tert-OH is 1. The van der Waals surface area contributed by atoms with Crippen molar-refractivity contribution in [2.75, 3.05) is 13.7 Å². The van der Waals surface area contributed by atoms with Crippen LogP contribution in [0.3, 0.4) is 0 Å². The number of methoxy groups -OCH3 is 1. The third kappa shape index (κ3) is 9.30. The number of nitrogens with one attached hydrogen (secondary N) is 2. The lowest BCUT2D eigenvalue weighted by Crippen LogP contribution is -2.58. The Bertz CT molecular complexity index is 3180. The third-order valence-electron chi connectivity index (χ3n) is 13.2. The molecule has 1 saturated heterocycles. The number of esters is 1. The van der Waals surface area contributed by atoms with E-state index in [2.05, 4.69) is 39.7 Å². The summed E-state index contributed by atoms with van der Waals surface area (Å²) in [5, 5.41) is 32.3. The van der Waals surface area contributed by atoms with Crippen LogP contribution in [0.4, 0.5) is 0 Å². The van der Waals surface area contributed by atoms with E-state index in [-0.39, 0.29) is 37.9 Å². The van der Waals surface area contributed by atoms with E-state index in [1.54, 1.807) is 33.6 Å². The van der Waals surface area contributed by atoms with Gasteiger partial charge in [-0.25, -0.2) is 4.98 Å². The monoisotopic (exact) mass is 980 g/mol. The van der Waals surface area contributed by atoms with Gasteiger partial charge in [-0.15, -0.1) is 32.9 Å². The Morgan fingerprint density at radius 3 is 2.33 bits per heavy atom. The lowest BCUT2D eigenvalue weighted by Gasteiger charge is -2.35. The molecule has 16 nitrogen and oxygen atoms in total. The highest BCUT2D eigenvalue weighted by atomic mass is 32.1. The zero-order valence-electron chi connectivity index (χ0n) is 40.6. The van der Waals surface area contributed by atoms with Gasteiger partial charge in [-0.05, 0) is 62.3 Å². The van der Waals surface area contributed by atoms with Crippen molar-refractivity contribution < 1.29 is 29.0 Å². The first kappa shape index (κ1) is 48.1. The highest BCUT2D eigenvalue weighted by Gasteiger charge is 2.45. The summed E-state index contributed by atoms with van der Waals surface area (Å²) in [4.78, 5) is 68.0. The zero-order chi connectivity index (χ0) is 49.8. The van der Waals surface area contributed by atoms with Crippen molar-refractivity contribution in [2.45, 2.75) is 105 Å². The minimum atomic E-state index is -1.01. The molecule has 3 aromatic carbocycles. The number of ether oxygens (including phenoxy) is 1. The molecule has 70 heavy (non-hydrogen) atoms. The fraction of sp³-hybridized carbons (Fsp3) is 0.365. The van der Waals surface area contributed by atoms with E-state index < -0.39 is 47.4 Å². The Morgan fingerprint density at radius 1 is 0.929 bits per heavy atom. The Balaban J connectivity index is 0.909. The summed E-state index contributed by atoms with van der Waals surface area (Å²) in [6, 6.07) is 19.0. The fourth-order valence-corrected chi connectivity index (χ4v) is 11.4. The second-order valence-electron chi connectivity index (χ2n) is 19.2. The first-order valence-corrected chi connectivity index (χ1v) is 24.9. The number of fused-ring (bicyclic) bond motifs is 4. The van der Waals surface area contributed by atoms with E-state index in [1.165, 1.54) is 12.0 Å². The number of aromatic nitrogens is 6. The summed E-state index contributed by atoms with van der Waals surface area (Å²) in [5.74, 6) is -0.363. The molecule has 0 aliphatic carbocycles. The molecule has 0 radical (unpaired) electrons. The molecule has 5 atom stereocenters. The van der Waals surface area contributed by atoms with Crippen LogP contribution >= 0.6 is 22.7 Å². The lowest BCUT2D eigenvalue weighted by atomic mass is 9.85. The number of carbonyl (C=O) groups excluding carboxylic acids is 4. The molecule has 3 amide bonds. The molecule has 6 heterocycles. The number of carbonyl (C=O) groups is 4. The number of aryl methyl sites for hydroxylation is 3. The van der Waals surface area contributed by atoms with Crippen LogP contribution in [0.5, 0.6) is 0 Å². The number of aliphatic imine (C=N–C) groups is 1. The van der Waals surface area contributed by atoms with E-state index in [0.29, 0.717) is 17.2 Å². The molecule has 0 spiro atoms. The maximum Gasteiger partial charge on any atom is 0.308 e. The zero-order valence-corrected chi connectivity index (χ0v) is 42.2. The number of thiazole rings is 1. The maximum atomic E-state index is 14.4. The molecular formula is C52H56N10O6S2.